The van der Waals surface area contributed by atoms with Gasteiger partial charge in [0.15, 0.2) is 0 Å². The molecule has 1 amide bonds. The van der Waals surface area contributed by atoms with Gasteiger partial charge in [-0.05, 0) is 60.4 Å². The third-order valence-corrected chi connectivity index (χ3v) is 6.84. The van der Waals surface area contributed by atoms with Gasteiger partial charge in [-0.2, -0.15) is 13.2 Å². The summed E-state index contributed by atoms with van der Waals surface area (Å²) in [5, 5.41) is 13.0. The molecular formula is C26H23F3N4O2S. The van der Waals surface area contributed by atoms with E-state index in [0.29, 0.717) is 11.6 Å². The first kappa shape index (κ1) is 24.2. The quantitative estimate of drug-likeness (QED) is 0.293. The van der Waals surface area contributed by atoms with Crippen molar-refractivity contribution in [1.82, 2.24) is 10.2 Å². The van der Waals surface area contributed by atoms with Crippen molar-refractivity contribution in [2.24, 2.45) is 0 Å². The number of carbonyl (C=O) groups is 1. The first-order valence-corrected chi connectivity index (χ1v) is 12.6. The summed E-state index contributed by atoms with van der Waals surface area (Å²) < 4.78 is 45.7. The van der Waals surface area contributed by atoms with E-state index in [2.05, 4.69) is 15.5 Å². The van der Waals surface area contributed by atoms with Crippen molar-refractivity contribution in [1.29, 1.82) is 0 Å². The Morgan fingerprint density at radius 3 is 2.53 bits per heavy atom. The maximum Gasteiger partial charge on any atom is 0.416 e. The van der Waals surface area contributed by atoms with Gasteiger partial charge in [0.25, 0.3) is 5.22 Å². The molecule has 186 valence electrons. The van der Waals surface area contributed by atoms with Gasteiger partial charge in [-0.15, -0.1) is 10.2 Å². The molecule has 6 nitrogen and oxygen atoms in total. The van der Waals surface area contributed by atoms with E-state index in [1.54, 1.807) is 0 Å². The van der Waals surface area contributed by atoms with Gasteiger partial charge in [0.2, 0.25) is 11.8 Å². The van der Waals surface area contributed by atoms with Crippen LogP contribution in [-0.2, 0) is 11.0 Å². The van der Waals surface area contributed by atoms with E-state index in [-0.39, 0.29) is 16.7 Å². The van der Waals surface area contributed by atoms with Gasteiger partial charge in [0, 0.05) is 18.7 Å². The number of piperidine rings is 1. The number of hydrogen-bond acceptors (Lipinski definition) is 6. The third-order valence-electron chi connectivity index (χ3n) is 6.02. The molecule has 1 saturated heterocycles. The number of thioether (sulfide) groups is 1. The molecule has 0 unspecified atom stereocenters. The molecule has 36 heavy (non-hydrogen) atoms. The van der Waals surface area contributed by atoms with Gasteiger partial charge in [-0.25, -0.2) is 0 Å². The Bertz CT molecular complexity index is 1380. The molecule has 2 heterocycles. The number of halogens is 3. The minimum atomic E-state index is -4.50. The van der Waals surface area contributed by atoms with E-state index < -0.39 is 17.6 Å². The number of aromatic nitrogens is 2. The number of nitrogens with one attached hydrogen (secondary N) is 1. The van der Waals surface area contributed by atoms with Crippen molar-refractivity contribution >= 4 is 39.8 Å². The maximum absolute atomic E-state index is 13.3. The smallest absolute Gasteiger partial charge is 0.411 e. The minimum Gasteiger partial charge on any atom is -0.411 e. The lowest BCUT2D eigenvalue weighted by Gasteiger charge is -2.31. The Kier molecular flexibility index (Phi) is 6.86. The van der Waals surface area contributed by atoms with Gasteiger partial charge in [0.05, 0.1) is 22.7 Å². The fraction of sp³-hybridized carbons (Fsp3) is 0.269. The number of benzene rings is 3. The molecule has 0 spiro atoms. The van der Waals surface area contributed by atoms with Crippen molar-refractivity contribution in [3.05, 3.63) is 66.2 Å². The summed E-state index contributed by atoms with van der Waals surface area (Å²) in [6, 6.07) is 17.2. The topological polar surface area (TPSA) is 71.3 Å². The fourth-order valence-corrected chi connectivity index (χ4v) is 4.81. The minimum absolute atomic E-state index is 0.0883. The number of fused-ring (bicyclic) bond motifs is 1. The third kappa shape index (κ3) is 5.48. The second kappa shape index (κ2) is 10.2. The summed E-state index contributed by atoms with van der Waals surface area (Å²) in [7, 11) is 0. The summed E-state index contributed by atoms with van der Waals surface area (Å²) in [6.07, 6.45) is -1.50. The van der Waals surface area contributed by atoms with Crippen LogP contribution in [0.25, 0.3) is 22.2 Å². The zero-order chi connectivity index (χ0) is 25.1. The van der Waals surface area contributed by atoms with Crippen LogP contribution in [0.1, 0.15) is 24.8 Å². The van der Waals surface area contributed by atoms with Gasteiger partial charge in [-0.1, -0.05) is 42.1 Å². The Balaban J connectivity index is 1.28. The van der Waals surface area contributed by atoms with Gasteiger partial charge in [0.1, 0.15) is 0 Å². The summed E-state index contributed by atoms with van der Waals surface area (Å²) >= 11 is 1.03. The summed E-state index contributed by atoms with van der Waals surface area (Å²) in [4.78, 5) is 14.7. The number of rotatable bonds is 6. The van der Waals surface area contributed by atoms with E-state index in [4.69, 9.17) is 4.42 Å². The zero-order valence-corrected chi connectivity index (χ0v) is 20.0. The van der Waals surface area contributed by atoms with Crippen LogP contribution >= 0.6 is 11.8 Å². The van der Waals surface area contributed by atoms with E-state index in [9.17, 15) is 18.0 Å². The van der Waals surface area contributed by atoms with Crippen molar-refractivity contribution in [3.8, 4) is 11.5 Å². The summed E-state index contributed by atoms with van der Waals surface area (Å²) in [6.45, 7) is 1.48. The van der Waals surface area contributed by atoms with E-state index in [1.807, 2.05) is 47.4 Å². The largest absolute Gasteiger partial charge is 0.416 e. The highest BCUT2D eigenvalue weighted by Gasteiger charge is 2.32. The van der Waals surface area contributed by atoms with Gasteiger partial charge >= 0.3 is 6.18 Å². The van der Waals surface area contributed by atoms with Crippen LogP contribution in [0.15, 0.2) is 70.3 Å². The lowest BCUT2D eigenvalue weighted by atomic mass is 10.1. The average molecular weight is 513 g/mol. The standard InChI is InChI=1S/C26H23F3N4O2S/c27-26(28,29)20-10-11-22(33-12-4-1-5-13-33)21(15-20)30-23(34)16-36-25-32-31-24(35-25)19-9-8-17-6-2-3-7-18(17)14-19/h2-3,6-11,14-15H,1,4-5,12-13,16H2,(H,30,34). The number of anilines is 2. The Labute approximate surface area is 209 Å². The van der Waals surface area contributed by atoms with Crippen LogP contribution in [0.3, 0.4) is 0 Å². The van der Waals surface area contributed by atoms with Gasteiger partial charge in [-0.3, -0.25) is 4.79 Å². The summed E-state index contributed by atoms with van der Waals surface area (Å²) in [5.74, 6) is -0.216. The monoisotopic (exact) mass is 512 g/mol. The molecule has 10 heteroatoms. The highest BCUT2D eigenvalue weighted by Crippen LogP contribution is 2.36. The molecule has 1 fully saturated rings. The van der Waals surface area contributed by atoms with Gasteiger partial charge < -0.3 is 14.6 Å². The molecule has 5 rings (SSSR count). The lowest BCUT2D eigenvalue weighted by Crippen LogP contribution is -2.30. The van der Waals surface area contributed by atoms with Crippen LogP contribution in [0.2, 0.25) is 0 Å². The van der Waals surface area contributed by atoms with Crippen molar-refractivity contribution in [2.45, 2.75) is 30.7 Å². The number of alkyl halides is 3. The van der Waals surface area contributed by atoms with E-state index in [1.165, 1.54) is 6.07 Å². The molecule has 0 atom stereocenters. The van der Waals surface area contributed by atoms with Crippen LogP contribution < -0.4 is 10.2 Å². The van der Waals surface area contributed by atoms with E-state index in [0.717, 1.165) is 72.6 Å². The van der Waals surface area contributed by atoms with Crippen molar-refractivity contribution < 1.29 is 22.4 Å². The zero-order valence-electron chi connectivity index (χ0n) is 19.2. The van der Waals surface area contributed by atoms with Crippen LogP contribution in [-0.4, -0.2) is 34.9 Å². The van der Waals surface area contributed by atoms with Crippen LogP contribution in [0, 0.1) is 0 Å². The SMILES string of the molecule is O=C(CSc1nnc(-c2ccc3ccccc3c2)o1)Nc1cc(C(F)(F)F)ccc1N1CCCCC1. The molecule has 0 bridgehead atoms. The first-order valence-electron chi connectivity index (χ1n) is 11.6. The molecule has 1 N–H and O–H groups in total. The normalized spacial score (nSPS) is 14.2. The molecule has 3 aromatic carbocycles. The molecular weight excluding hydrogens is 489 g/mol. The Morgan fingerprint density at radius 1 is 0.972 bits per heavy atom. The molecule has 1 aliphatic heterocycles. The fourth-order valence-electron chi connectivity index (χ4n) is 4.24. The number of amides is 1. The highest BCUT2D eigenvalue weighted by atomic mass is 32.2. The van der Waals surface area contributed by atoms with Crippen LogP contribution in [0.5, 0.6) is 0 Å². The first-order chi connectivity index (χ1) is 17.4. The number of carbonyl (C=O) groups excluding carboxylic acids is 1. The van der Waals surface area contributed by atoms with Crippen molar-refractivity contribution in [3.63, 3.8) is 0 Å². The number of nitrogens with zero attached hydrogens (tertiary/aromatic N) is 3. The molecule has 0 aliphatic carbocycles. The second-order valence-electron chi connectivity index (χ2n) is 8.55. The predicted octanol–water partition coefficient (Wildman–Crippen LogP) is 6.63. The molecule has 1 aromatic heterocycles. The molecule has 0 saturated carbocycles. The highest BCUT2D eigenvalue weighted by molar-refractivity contribution is 7.99. The Hall–Kier alpha value is -3.53. The predicted molar refractivity (Wildman–Crippen MR) is 134 cm³/mol. The molecule has 4 aromatic rings. The summed E-state index contributed by atoms with van der Waals surface area (Å²) in [5.41, 5.74) is 0.702. The van der Waals surface area contributed by atoms with Crippen LogP contribution in [0.4, 0.5) is 24.5 Å². The Morgan fingerprint density at radius 2 is 1.75 bits per heavy atom. The number of hydrogen-bond donors (Lipinski definition) is 1. The average Bonchev–Trinajstić information content (AvgIpc) is 3.36. The lowest BCUT2D eigenvalue weighted by molar-refractivity contribution is -0.137. The molecule has 1 aliphatic rings. The second-order valence-corrected chi connectivity index (χ2v) is 9.48. The van der Waals surface area contributed by atoms with E-state index >= 15 is 0 Å². The van der Waals surface area contributed by atoms with Crippen molar-refractivity contribution in [2.75, 3.05) is 29.1 Å². The molecule has 0 radical (unpaired) electrons. The maximum atomic E-state index is 13.3.